The van der Waals surface area contributed by atoms with Crippen LogP contribution in [0.5, 0.6) is 0 Å². The van der Waals surface area contributed by atoms with E-state index in [-0.39, 0.29) is 30.7 Å². The Morgan fingerprint density at radius 1 is 1.20 bits per heavy atom. The van der Waals surface area contributed by atoms with Gasteiger partial charge in [0.2, 0.25) is 5.91 Å². The van der Waals surface area contributed by atoms with Crippen molar-refractivity contribution in [3.8, 4) is 0 Å². The molecule has 2 saturated heterocycles. The maximum absolute atomic E-state index is 13.2. The van der Waals surface area contributed by atoms with Crippen LogP contribution in [-0.4, -0.2) is 42.4 Å². The van der Waals surface area contributed by atoms with Crippen molar-refractivity contribution in [2.45, 2.75) is 44.3 Å². The lowest BCUT2D eigenvalue weighted by molar-refractivity contribution is -0.123. The molecule has 2 heterocycles. The Balaban J connectivity index is 0.00000156. The summed E-state index contributed by atoms with van der Waals surface area (Å²) in [5.41, 5.74) is 2.25. The first-order valence-corrected chi connectivity index (χ1v) is 8.22. The molecular formula is C17H25Cl2F2N3O. The second-order valence-electron chi connectivity index (χ2n) is 6.46. The normalized spacial score (nSPS) is 22.1. The van der Waals surface area contributed by atoms with Crippen LogP contribution in [0, 0.1) is 0 Å². The third-order valence-electron chi connectivity index (χ3n) is 4.59. The van der Waals surface area contributed by atoms with Crippen LogP contribution in [0.25, 0.3) is 0 Å². The molecule has 2 aliphatic rings. The third kappa shape index (κ3) is 6.06. The molecule has 8 heteroatoms. The highest BCUT2D eigenvalue weighted by atomic mass is 35.5. The van der Waals surface area contributed by atoms with Gasteiger partial charge in [-0.1, -0.05) is 24.3 Å². The first kappa shape index (κ1) is 22.1. The summed E-state index contributed by atoms with van der Waals surface area (Å²) < 4.78 is 26.3. The van der Waals surface area contributed by atoms with E-state index < -0.39 is 24.9 Å². The van der Waals surface area contributed by atoms with Gasteiger partial charge in [-0.25, -0.2) is 8.78 Å². The van der Waals surface area contributed by atoms with Crippen LogP contribution in [-0.2, 0) is 17.9 Å². The zero-order valence-electron chi connectivity index (χ0n) is 14.0. The summed E-state index contributed by atoms with van der Waals surface area (Å²) in [6.45, 7) is 3.07. The van der Waals surface area contributed by atoms with Gasteiger partial charge >= 0.3 is 0 Å². The van der Waals surface area contributed by atoms with Crippen LogP contribution >= 0.6 is 24.8 Å². The number of likely N-dealkylation sites (tertiary alicyclic amines) is 1. The molecule has 1 unspecified atom stereocenters. The molecule has 4 nitrogen and oxygen atoms in total. The van der Waals surface area contributed by atoms with E-state index in [0.29, 0.717) is 6.54 Å². The summed E-state index contributed by atoms with van der Waals surface area (Å²) in [5.74, 6) is -3.13. The number of carbonyl (C=O) groups is 1. The van der Waals surface area contributed by atoms with E-state index in [1.165, 1.54) is 18.4 Å². The van der Waals surface area contributed by atoms with Crippen LogP contribution in [0.3, 0.4) is 0 Å². The number of rotatable bonds is 5. The molecular weight excluding hydrogens is 371 g/mol. The van der Waals surface area contributed by atoms with Gasteiger partial charge in [0.1, 0.15) is 0 Å². The monoisotopic (exact) mass is 395 g/mol. The predicted octanol–water partition coefficient (Wildman–Crippen LogP) is 2.74. The molecule has 0 aliphatic carbocycles. The fourth-order valence-corrected chi connectivity index (χ4v) is 3.27. The Morgan fingerprint density at radius 2 is 1.84 bits per heavy atom. The number of alkyl halides is 2. The Labute approximate surface area is 159 Å². The van der Waals surface area contributed by atoms with E-state index >= 15 is 0 Å². The van der Waals surface area contributed by atoms with E-state index in [0.717, 1.165) is 25.2 Å². The van der Waals surface area contributed by atoms with Crippen LogP contribution < -0.4 is 10.6 Å². The zero-order valence-corrected chi connectivity index (χ0v) is 15.6. The van der Waals surface area contributed by atoms with Crippen LogP contribution in [0.1, 0.15) is 30.4 Å². The Morgan fingerprint density at radius 3 is 2.44 bits per heavy atom. The number of benzene rings is 1. The number of nitrogens with zero attached hydrogens (tertiary/aromatic N) is 1. The lowest BCUT2D eigenvalue weighted by Gasteiger charge is -2.18. The maximum Gasteiger partial charge on any atom is 0.262 e. The van der Waals surface area contributed by atoms with Crippen molar-refractivity contribution in [3.63, 3.8) is 0 Å². The summed E-state index contributed by atoms with van der Waals surface area (Å²) in [6.07, 6.45) is 2.05. The number of hydrogen-bond acceptors (Lipinski definition) is 3. The van der Waals surface area contributed by atoms with Gasteiger partial charge in [-0.3, -0.25) is 15.0 Å². The van der Waals surface area contributed by atoms with Gasteiger partial charge in [0, 0.05) is 19.5 Å². The topological polar surface area (TPSA) is 44.4 Å². The molecule has 0 spiro atoms. The average molecular weight is 396 g/mol. The number of nitrogens with one attached hydrogen (secondary N) is 2. The first-order chi connectivity index (χ1) is 11.0. The highest BCUT2D eigenvalue weighted by Gasteiger charge is 2.42. The number of hydrogen-bond donors (Lipinski definition) is 2. The quantitative estimate of drug-likeness (QED) is 0.805. The van der Waals surface area contributed by atoms with Crippen LogP contribution in [0.4, 0.5) is 8.78 Å². The lowest BCUT2D eigenvalue weighted by atomic mass is 10.1. The standard InChI is InChI=1S/C17H23F2N3O.2ClH/c18-17(19)9-15(21-12-17)16(23)20-10-13-5-1-2-6-14(13)11-22-7-3-4-8-22;;/h1-2,5-6,15,21H,3-4,7-12H2,(H,20,23);2*1H. The molecule has 0 saturated carbocycles. The molecule has 1 aromatic rings. The SMILES string of the molecule is Cl.Cl.O=C(NCc1ccccc1CN1CCCC1)C1CC(F)(F)CN1. The highest BCUT2D eigenvalue weighted by molar-refractivity contribution is 5.85. The van der Waals surface area contributed by atoms with Crippen molar-refractivity contribution in [2.75, 3.05) is 19.6 Å². The molecule has 1 atom stereocenters. The number of carbonyl (C=O) groups excluding carboxylic acids is 1. The highest BCUT2D eigenvalue weighted by Crippen LogP contribution is 2.25. The summed E-state index contributed by atoms with van der Waals surface area (Å²) in [5, 5.41) is 5.38. The number of halogens is 4. The summed E-state index contributed by atoms with van der Waals surface area (Å²) in [7, 11) is 0. The van der Waals surface area contributed by atoms with E-state index in [2.05, 4.69) is 21.6 Å². The van der Waals surface area contributed by atoms with Crippen molar-refractivity contribution in [3.05, 3.63) is 35.4 Å². The van der Waals surface area contributed by atoms with E-state index in [9.17, 15) is 13.6 Å². The minimum atomic E-state index is -2.78. The van der Waals surface area contributed by atoms with Crippen molar-refractivity contribution < 1.29 is 13.6 Å². The average Bonchev–Trinajstić information content (AvgIpc) is 3.15. The molecule has 0 aromatic heterocycles. The lowest BCUT2D eigenvalue weighted by Crippen LogP contribution is -2.40. The van der Waals surface area contributed by atoms with Gasteiger partial charge in [-0.05, 0) is 37.1 Å². The molecule has 1 aromatic carbocycles. The predicted molar refractivity (Wildman–Crippen MR) is 98.7 cm³/mol. The van der Waals surface area contributed by atoms with Crippen molar-refractivity contribution in [2.24, 2.45) is 0 Å². The third-order valence-corrected chi connectivity index (χ3v) is 4.59. The second kappa shape index (κ2) is 9.67. The van der Waals surface area contributed by atoms with Gasteiger partial charge in [0.05, 0.1) is 12.6 Å². The molecule has 2 fully saturated rings. The van der Waals surface area contributed by atoms with E-state index in [4.69, 9.17) is 0 Å². The van der Waals surface area contributed by atoms with Crippen LogP contribution in [0.2, 0.25) is 0 Å². The largest absolute Gasteiger partial charge is 0.351 e. The molecule has 3 rings (SSSR count). The Hall–Kier alpha value is -0.950. The molecule has 2 N–H and O–H groups in total. The molecule has 142 valence electrons. The molecule has 0 bridgehead atoms. The second-order valence-corrected chi connectivity index (χ2v) is 6.46. The van der Waals surface area contributed by atoms with Gasteiger partial charge in [0.25, 0.3) is 5.92 Å². The summed E-state index contributed by atoms with van der Waals surface area (Å²) in [4.78, 5) is 14.4. The Kier molecular flexibility index (Phi) is 8.54. The van der Waals surface area contributed by atoms with Gasteiger partial charge < -0.3 is 5.32 Å². The minimum absolute atomic E-state index is 0. The van der Waals surface area contributed by atoms with Crippen molar-refractivity contribution in [1.82, 2.24) is 15.5 Å². The fourth-order valence-electron chi connectivity index (χ4n) is 3.27. The molecule has 2 aliphatic heterocycles. The van der Waals surface area contributed by atoms with Crippen molar-refractivity contribution in [1.29, 1.82) is 0 Å². The number of amides is 1. The van der Waals surface area contributed by atoms with Gasteiger partial charge in [-0.15, -0.1) is 24.8 Å². The molecule has 25 heavy (non-hydrogen) atoms. The fraction of sp³-hybridized carbons (Fsp3) is 0.588. The van der Waals surface area contributed by atoms with Crippen molar-refractivity contribution >= 4 is 30.7 Å². The van der Waals surface area contributed by atoms with Crippen LogP contribution in [0.15, 0.2) is 24.3 Å². The van der Waals surface area contributed by atoms with E-state index in [1.54, 1.807) is 0 Å². The van der Waals surface area contributed by atoms with E-state index in [1.807, 2.05) is 18.2 Å². The molecule has 1 amide bonds. The maximum atomic E-state index is 13.2. The molecule has 0 radical (unpaired) electrons. The minimum Gasteiger partial charge on any atom is -0.351 e. The zero-order chi connectivity index (χ0) is 16.3. The smallest absolute Gasteiger partial charge is 0.262 e. The van der Waals surface area contributed by atoms with Gasteiger partial charge in [0.15, 0.2) is 0 Å². The summed E-state index contributed by atoms with van der Waals surface area (Å²) in [6, 6.07) is 7.20. The summed E-state index contributed by atoms with van der Waals surface area (Å²) >= 11 is 0. The Bertz CT molecular complexity index is 569. The first-order valence-electron chi connectivity index (χ1n) is 8.22. The van der Waals surface area contributed by atoms with Gasteiger partial charge in [-0.2, -0.15) is 0 Å².